The van der Waals surface area contributed by atoms with Crippen molar-refractivity contribution in [2.45, 2.75) is 32.7 Å². The van der Waals surface area contributed by atoms with Gasteiger partial charge in [0, 0.05) is 19.5 Å². The number of rotatable bonds is 12. The summed E-state index contributed by atoms with van der Waals surface area (Å²) in [6.45, 7) is 7.05. The van der Waals surface area contributed by atoms with Gasteiger partial charge in [0.1, 0.15) is 5.75 Å². The van der Waals surface area contributed by atoms with Crippen molar-refractivity contribution in [3.05, 3.63) is 52.2 Å². The van der Waals surface area contributed by atoms with Crippen molar-refractivity contribution in [3.63, 3.8) is 0 Å². The molecule has 6 nitrogen and oxygen atoms in total. The van der Waals surface area contributed by atoms with Crippen molar-refractivity contribution >= 4 is 23.2 Å². The van der Waals surface area contributed by atoms with Crippen molar-refractivity contribution in [1.82, 2.24) is 15.5 Å². The fourth-order valence-corrected chi connectivity index (χ4v) is 3.86. The lowest BCUT2D eigenvalue weighted by Crippen LogP contribution is -2.38. The molecule has 0 saturated carbocycles. The van der Waals surface area contributed by atoms with Gasteiger partial charge in [0.15, 0.2) is 0 Å². The van der Waals surface area contributed by atoms with Gasteiger partial charge < -0.3 is 15.4 Å². The number of benzene rings is 1. The van der Waals surface area contributed by atoms with Crippen LogP contribution in [0.5, 0.6) is 5.75 Å². The highest BCUT2D eigenvalue weighted by Gasteiger charge is 2.19. The zero-order valence-corrected chi connectivity index (χ0v) is 18.3. The number of hydrogen-bond acceptors (Lipinski definition) is 5. The molecule has 0 spiro atoms. The molecule has 2 rings (SSSR count). The summed E-state index contributed by atoms with van der Waals surface area (Å²) in [7, 11) is 1.66. The monoisotopic (exact) mass is 417 g/mol. The maximum absolute atomic E-state index is 12.3. The maximum atomic E-state index is 12.3. The van der Waals surface area contributed by atoms with Crippen molar-refractivity contribution in [2.75, 3.05) is 33.3 Å². The van der Waals surface area contributed by atoms with E-state index in [0.29, 0.717) is 30.8 Å². The van der Waals surface area contributed by atoms with Gasteiger partial charge in [-0.05, 0) is 48.7 Å². The number of amides is 2. The molecule has 0 aliphatic rings. The predicted octanol–water partition coefficient (Wildman–Crippen LogP) is 3.47. The van der Waals surface area contributed by atoms with E-state index in [4.69, 9.17) is 4.74 Å². The molecule has 0 bridgehead atoms. The molecule has 0 aliphatic carbocycles. The minimum Gasteiger partial charge on any atom is -0.497 e. The first-order valence-electron chi connectivity index (χ1n) is 10.0. The first-order chi connectivity index (χ1) is 14.1. The Morgan fingerprint density at radius 1 is 1.14 bits per heavy atom. The molecule has 2 aromatic rings. The summed E-state index contributed by atoms with van der Waals surface area (Å²) in [5.74, 6) is 0.725. The normalized spacial score (nSPS) is 11.9. The number of nitrogens with zero attached hydrogens (tertiary/aromatic N) is 1. The van der Waals surface area contributed by atoms with Gasteiger partial charge in [-0.2, -0.15) is 0 Å². The second-order valence-corrected chi connectivity index (χ2v) is 7.60. The molecule has 0 unspecified atom stereocenters. The number of ether oxygens (including phenoxy) is 1. The smallest absolute Gasteiger partial charge is 0.261 e. The molecular formula is C22H31N3O3S. The van der Waals surface area contributed by atoms with Crippen LogP contribution in [0, 0.1) is 0 Å². The fourth-order valence-electron chi connectivity index (χ4n) is 3.22. The zero-order chi connectivity index (χ0) is 21.1. The Morgan fingerprint density at radius 3 is 2.59 bits per heavy atom. The van der Waals surface area contributed by atoms with Crippen LogP contribution in [0.3, 0.4) is 0 Å². The van der Waals surface area contributed by atoms with E-state index in [1.807, 2.05) is 29.6 Å². The number of likely N-dealkylation sites (N-methyl/N-ethyl adjacent to an activating group) is 1. The van der Waals surface area contributed by atoms with E-state index < -0.39 is 0 Å². The molecule has 1 aromatic heterocycles. The Morgan fingerprint density at radius 2 is 1.93 bits per heavy atom. The third-order valence-electron chi connectivity index (χ3n) is 4.84. The van der Waals surface area contributed by atoms with Gasteiger partial charge in [0.05, 0.1) is 18.0 Å². The van der Waals surface area contributed by atoms with Crippen LogP contribution < -0.4 is 15.4 Å². The fraction of sp³-hybridized carbons (Fsp3) is 0.455. The van der Waals surface area contributed by atoms with Crippen LogP contribution in [0.25, 0.3) is 0 Å². The molecule has 0 aliphatic heterocycles. The Kier molecular flexibility index (Phi) is 9.67. The molecule has 0 saturated heterocycles. The first-order valence-corrected chi connectivity index (χ1v) is 10.9. The first kappa shape index (κ1) is 22.9. The quantitative estimate of drug-likeness (QED) is 0.519. The second kappa shape index (κ2) is 12.2. The Labute approximate surface area is 177 Å². The van der Waals surface area contributed by atoms with Gasteiger partial charge >= 0.3 is 0 Å². The summed E-state index contributed by atoms with van der Waals surface area (Å²) in [5, 5.41) is 7.77. The number of methoxy groups -OCH3 is 1. The summed E-state index contributed by atoms with van der Waals surface area (Å²) in [5.41, 5.74) is 1.12. The highest BCUT2D eigenvalue weighted by atomic mass is 32.1. The van der Waals surface area contributed by atoms with E-state index in [0.717, 1.165) is 24.4 Å². The Hall–Kier alpha value is -2.38. The molecule has 2 N–H and O–H groups in total. The maximum Gasteiger partial charge on any atom is 0.261 e. The highest BCUT2D eigenvalue weighted by Crippen LogP contribution is 2.23. The van der Waals surface area contributed by atoms with Crippen LogP contribution in [0.4, 0.5) is 0 Å². The number of hydrogen-bond donors (Lipinski definition) is 2. The zero-order valence-electron chi connectivity index (χ0n) is 17.4. The lowest BCUT2D eigenvalue weighted by atomic mass is 10.0. The lowest BCUT2D eigenvalue weighted by molar-refractivity contribution is -0.121. The van der Waals surface area contributed by atoms with E-state index in [1.165, 1.54) is 11.3 Å². The number of thiophene rings is 1. The SMILES string of the molecule is CCN(CC)[C@H](CNC(=O)CCCNC(=O)c1cccs1)c1cccc(OC)c1. The van der Waals surface area contributed by atoms with E-state index >= 15 is 0 Å². The molecule has 1 aromatic carbocycles. The highest BCUT2D eigenvalue weighted by molar-refractivity contribution is 7.12. The van der Waals surface area contributed by atoms with Crippen LogP contribution in [-0.4, -0.2) is 50.0 Å². The van der Waals surface area contributed by atoms with Crippen molar-refractivity contribution in [1.29, 1.82) is 0 Å². The molecule has 1 heterocycles. The van der Waals surface area contributed by atoms with Gasteiger partial charge in [-0.25, -0.2) is 0 Å². The molecule has 0 radical (unpaired) electrons. The van der Waals surface area contributed by atoms with Crippen molar-refractivity contribution in [2.24, 2.45) is 0 Å². The van der Waals surface area contributed by atoms with Gasteiger partial charge in [-0.15, -0.1) is 11.3 Å². The second-order valence-electron chi connectivity index (χ2n) is 6.65. The van der Waals surface area contributed by atoms with Crippen molar-refractivity contribution in [3.8, 4) is 5.75 Å². The summed E-state index contributed by atoms with van der Waals surface area (Å²) in [4.78, 5) is 27.2. The Balaban J connectivity index is 1.82. The third kappa shape index (κ3) is 7.18. The van der Waals surface area contributed by atoms with Crippen LogP contribution in [0.15, 0.2) is 41.8 Å². The molecule has 29 heavy (non-hydrogen) atoms. The molecule has 1 atom stereocenters. The van der Waals surface area contributed by atoms with Gasteiger partial charge in [0.25, 0.3) is 5.91 Å². The number of carbonyl (C=O) groups is 2. The predicted molar refractivity (Wildman–Crippen MR) is 118 cm³/mol. The number of nitrogens with one attached hydrogen (secondary N) is 2. The minimum absolute atomic E-state index is 0.00424. The summed E-state index contributed by atoms with van der Waals surface area (Å²) in [6.07, 6.45) is 0.992. The molecular weight excluding hydrogens is 386 g/mol. The third-order valence-corrected chi connectivity index (χ3v) is 5.70. The standard InChI is InChI=1S/C22H31N3O3S/c1-4-25(5-2)19(17-9-6-10-18(15-17)28-3)16-24-21(26)12-7-13-23-22(27)20-11-8-14-29-20/h6,8-11,14-15,19H,4-5,7,12-13,16H2,1-3H3,(H,23,27)(H,24,26)/t19-/m1/s1. The summed E-state index contributed by atoms with van der Waals surface area (Å²) >= 11 is 1.41. The van der Waals surface area contributed by atoms with Gasteiger partial charge in [-0.3, -0.25) is 14.5 Å². The average Bonchev–Trinajstić information content (AvgIpc) is 3.29. The van der Waals surface area contributed by atoms with Crippen LogP contribution in [0.2, 0.25) is 0 Å². The van der Waals surface area contributed by atoms with Crippen LogP contribution in [-0.2, 0) is 4.79 Å². The lowest BCUT2D eigenvalue weighted by Gasteiger charge is -2.30. The van der Waals surface area contributed by atoms with E-state index in [1.54, 1.807) is 13.2 Å². The van der Waals surface area contributed by atoms with Crippen molar-refractivity contribution < 1.29 is 14.3 Å². The molecule has 158 valence electrons. The summed E-state index contributed by atoms with van der Waals surface area (Å²) in [6, 6.07) is 11.7. The summed E-state index contributed by atoms with van der Waals surface area (Å²) < 4.78 is 5.35. The number of carbonyl (C=O) groups excluding carboxylic acids is 2. The molecule has 0 fully saturated rings. The van der Waals surface area contributed by atoms with Gasteiger partial charge in [0.2, 0.25) is 5.91 Å². The molecule has 7 heteroatoms. The molecule has 2 amide bonds. The average molecular weight is 418 g/mol. The topological polar surface area (TPSA) is 70.7 Å². The van der Waals surface area contributed by atoms with Crippen LogP contribution in [0.1, 0.15) is 48.0 Å². The Bertz CT molecular complexity index is 760. The largest absolute Gasteiger partial charge is 0.497 e. The van der Waals surface area contributed by atoms with E-state index in [-0.39, 0.29) is 17.9 Å². The van der Waals surface area contributed by atoms with Gasteiger partial charge in [-0.1, -0.05) is 32.0 Å². The van der Waals surface area contributed by atoms with E-state index in [2.05, 4.69) is 35.4 Å². The van der Waals surface area contributed by atoms with Crippen LogP contribution >= 0.6 is 11.3 Å². The van der Waals surface area contributed by atoms with E-state index in [9.17, 15) is 9.59 Å². The minimum atomic E-state index is -0.0833.